The second-order valence-corrected chi connectivity index (χ2v) is 10.5. The van der Waals surface area contributed by atoms with Crippen LogP contribution in [0.3, 0.4) is 0 Å². The smallest absolute Gasteiger partial charge is 0.410 e. The number of hydrogen-bond donors (Lipinski definition) is 1. The average molecular weight is 365 g/mol. The summed E-state index contributed by atoms with van der Waals surface area (Å²) in [5, 5.41) is 3.42. The number of nitrogens with zero attached hydrogens (tertiary/aromatic N) is 1. The van der Waals surface area contributed by atoms with Crippen LogP contribution in [0.2, 0.25) is 0 Å². The monoisotopic (exact) mass is 364 g/mol. The first-order chi connectivity index (χ1) is 12.0. The van der Waals surface area contributed by atoms with E-state index in [9.17, 15) is 9.59 Å². The second-order valence-electron chi connectivity index (χ2n) is 10.5. The topological polar surface area (TPSA) is 58.6 Å². The maximum Gasteiger partial charge on any atom is 0.410 e. The molecule has 0 radical (unpaired) electrons. The van der Waals surface area contributed by atoms with Crippen molar-refractivity contribution in [2.24, 2.45) is 23.7 Å². The highest BCUT2D eigenvalue weighted by molar-refractivity contribution is 5.86. The summed E-state index contributed by atoms with van der Waals surface area (Å²) in [5.74, 6) is 2.35. The van der Waals surface area contributed by atoms with Gasteiger partial charge in [-0.25, -0.2) is 4.79 Å². The lowest BCUT2D eigenvalue weighted by Gasteiger charge is -2.57. The lowest BCUT2D eigenvalue weighted by molar-refractivity contribution is -0.133. The zero-order chi connectivity index (χ0) is 19.3. The van der Waals surface area contributed by atoms with Crippen LogP contribution in [0.4, 0.5) is 4.79 Å². The Labute approximate surface area is 158 Å². The number of ether oxygens (including phenoxy) is 1. The molecule has 4 aliphatic carbocycles. The maximum atomic E-state index is 13.2. The van der Waals surface area contributed by atoms with Gasteiger partial charge in [0.1, 0.15) is 11.6 Å². The van der Waals surface area contributed by atoms with Crippen molar-refractivity contribution < 1.29 is 14.3 Å². The molecular formula is C21H36N2O3. The Hall–Kier alpha value is -1.26. The molecule has 0 unspecified atom stereocenters. The van der Waals surface area contributed by atoms with Crippen molar-refractivity contribution in [2.45, 2.75) is 90.3 Å². The van der Waals surface area contributed by atoms with Gasteiger partial charge in [0, 0.05) is 12.6 Å². The number of nitrogens with one attached hydrogen (secondary N) is 1. The molecule has 4 aliphatic rings. The van der Waals surface area contributed by atoms with Crippen LogP contribution in [0.15, 0.2) is 0 Å². The molecule has 0 aromatic carbocycles. The van der Waals surface area contributed by atoms with E-state index in [2.05, 4.69) is 5.32 Å². The van der Waals surface area contributed by atoms with Crippen molar-refractivity contribution in [2.75, 3.05) is 7.05 Å². The van der Waals surface area contributed by atoms with E-state index in [1.807, 2.05) is 34.6 Å². The Balaban J connectivity index is 1.70. The van der Waals surface area contributed by atoms with Gasteiger partial charge in [-0.15, -0.1) is 0 Å². The molecule has 0 aromatic heterocycles. The molecule has 4 bridgehead atoms. The molecule has 0 aromatic rings. The summed E-state index contributed by atoms with van der Waals surface area (Å²) in [6, 6.07) is -0.502. The van der Waals surface area contributed by atoms with Crippen LogP contribution in [-0.4, -0.2) is 41.1 Å². The van der Waals surface area contributed by atoms with Gasteiger partial charge in [0.15, 0.2) is 0 Å². The summed E-state index contributed by atoms with van der Waals surface area (Å²) in [6.07, 6.45) is 6.96. The molecule has 26 heavy (non-hydrogen) atoms. The molecule has 0 spiro atoms. The molecule has 0 heterocycles. The molecule has 4 rings (SSSR count). The number of carbonyl (C=O) groups is 2. The number of rotatable bonds is 4. The number of carbonyl (C=O) groups excluding carboxylic acids is 2. The first-order valence-corrected chi connectivity index (χ1v) is 10.3. The normalized spacial score (nSPS) is 33.9. The predicted octanol–water partition coefficient (Wildman–Crippen LogP) is 3.96. The van der Waals surface area contributed by atoms with Crippen LogP contribution in [0.25, 0.3) is 0 Å². The van der Waals surface area contributed by atoms with Gasteiger partial charge in [0.25, 0.3) is 0 Å². The van der Waals surface area contributed by atoms with Gasteiger partial charge in [-0.3, -0.25) is 9.69 Å². The minimum Gasteiger partial charge on any atom is -0.444 e. The molecule has 1 atom stereocenters. The SMILES string of the molecule is CC(C)[C@@H](C(=O)NC12CC3CC(CC(C3)C1)C2)N(C)C(=O)OC(C)(C)C. The molecule has 4 fully saturated rings. The van der Waals surface area contributed by atoms with E-state index >= 15 is 0 Å². The van der Waals surface area contributed by atoms with Gasteiger partial charge in [-0.1, -0.05) is 13.8 Å². The van der Waals surface area contributed by atoms with Gasteiger partial charge < -0.3 is 10.1 Å². The van der Waals surface area contributed by atoms with E-state index in [0.717, 1.165) is 37.0 Å². The first-order valence-electron chi connectivity index (χ1n) is 10.3. The highest BCUT2D eigenvalue weighted by atomic mass is 16.6. The summed E-state index contributed by atoms with van der Waals surface area (Å²) >= 11 is 0. The lowest BCUT2D eigenvalue weighted by Crippen LogP contribution is -2.63. The molecule has 1 N–H and O–H groups in total. The third-order valence-corrected chi connectivity index (χ3v) is 6.43. The van der Waals surface area contributed by atoms with Crippen molar-refractivity contribution in [3.8, 4) is 0 Å². The highest BCUT2D eigenvalue weighted by Crippen LogP contribution is 2.55. The van der Waals surface area contributed by atoms with Crippen LogP contribution < -0.4 is 5.32 Å². The van der Waals surface area contributed by atoms with Crippen molar-refractivity contribution in [3.05, 3.63) is 0 Å². The van der Waals surface area contributed by atoms with Crippen LogP contribution in [0.5, 0.6) is 0 Å². The summed E-state index contributed by atoms with van der Waals surface area (Å²) in [5.41, 5.74) is -0.600. The van der Waals surface area contributed by atoms with E-state index in [1.165, 1.54) is 24.2 Å². The minimum absolute atomic E-state index is 0.0182. The maximum absolute atomic E-state index is 13.2. The Bertz CT molecular complexity index is 529. The fraction of sp³-hybridized carbons (Fsp3) is 0.905. The molecule has 0 aliphatic heterocycles. The van der Waals surface area contributed by atoms with Gasteiger partial charge in [-0.05, 0) is 83.0 Å². The van der Waals surface area contributed by atoms with Gasteiger partial charge >= 0.3 is 6.09 Å². The standard InChI is InChI=1S/C21H36N2O3/c1-13(2)17(23(6)19(25)26-20(3,4)5)18(24)22-21-10-14-7-15(11-21)9-16(8-14)12-21/h13-17H,7-12H2,1-6H3,(H,22,24)/t14?,15?,16?,17-,21?/m0/s1. The third kappa shape index (κ3) is 4.01. The summed E-state index contributed by atoms with van der Waals surface area (Å²) in [7, 11) is 1.68. The molecule has 0 saturated heterocycles. The zero-order valence-corrected chi connectivity index (χ0v) is 17.3. The lowest BCUT2D eigenvalue weighted by atomic mass is 9.53. The first kappa shape index (κ1) is 19.5. The molecule has 5 heteroatoms. The molecule has 148 valence electrons. The number of hydrogen-bond acceptors (Lipinski definition) is 3. The van der Waals surface area contributed by atoms with Crippen molar-refractivity contribution in [1.82, 2.24) is 10.2 Å². The fourth-order valence-corrected chi connectivity index (χ4v) is 5.97. The van der Waals surface area contributed by atoms with Crippen LogP contribution in [-0.2, 0) is 9.53 Å². The molecular weight excluding hydrogens is 328 g/mol. The largest absolute Gasteiger partial charge is 0.444 e. The Morgan fingerprint density at radius 3 is 1.88 bits per heavy atom. The van der Waals surface area contributed by atoms with Crippen molar-refractivity contribution in [1.29, 1.82) is 0 Å². The Morgan fingerprint density at radius 2 is 1.50 bits per heavy atom. The number of amides is 2. The summed E-state index contributed by atoms with van der Waals surface area (Å²) in [4.78, 5) is 27.2. The predicted molar refractivity (Wildman–Crippen MR) is 102 cm³/mol. The van der Waals surface area contributed by atoms with Crippen LogP contribution in [0.1, 0.15) is 73.1 Å². The summed E-state index contributed by atoms with van der Waals surface area (Å²) < 4.78 is 5.48. The molecule has 2 amide bonds. The second kappa shape index (κ2) is 6.72. The zero-order valence-electron chi connectivity index (χ0n) is 17.3. The van der Waals surface area contributed by atoms with Crippen molar-refractivity contribution >= 4 is 12.0 Å². The van der Waals surface area contributed by atoms with Crippen LogP contribution in [0, 0.1) is 23.7 Å². The average Bonchev–Trinajstić information content (AvgIpc) is 2.42. The van der Waals surface area contributed by atoms with Crippen LogP contribution >= 0.6 is 0 Å². The fourth-order valence-electron chi connectivity index (χ4n) is 5.97. The van der Waals surface area contributed by atoms with Crippen molar-refractivity contribution in [3.63, 3.8) is 0 Å². The Kier molecular flexibility index (Phi) is 5.04. The number of likely N-dealkylation sites (N-methyl/N-ethyl adjacent to an activating group) is 1. The molecule has 5 nitrogen and oxygen atoms in total. The van der Waals surface area contributed by atoms with E-state index in [1.54, 1.807) is 7.05 Å². The van der Waals surface area contributed by atoms with E-state index in [0.29, 0.717) is 0 Å². The van der Waals surface area contributed by atoms with E-state index in [4.69, 9.17) is 4.74 Å². The van der Waals surface area contributed by atoms with Gasteiger partial charge in [-0.2, -0.15) is 0 Å². The van der Waals surface area contributed by atoms with Gasteiger partial charge in [0.2, 0.25) is 5.91 Å². The highest BCUT2D eigenvalue weighted by Gasteiger charge is 2.52. The third-order valence-electron chi connectivity index (χ3n) is 6.43. The quantitative estimate of drug-likeness (QED) is 0.821. The van der Waals surface area contributed by atoms with E-state index in [-0.39, 0.29) is 17.4 Å². The van der Waals surface area contributed by atoms with Gasteiger partial charge in [0.05, 0.1) is 0 Å². The van der Waals surface area contributed by atoms with E-state index < -0.39 is 17.7 Å². The summed E-state index contributed by atoms with van der Waals surface area (Å²) in [6.45, 7) is 9.52. The minimum atomic E-state index is -0.566. The Morgan fingerprint density at radius 1 is 1.04 bits per heavy atom. The molecule has 4 saturated carbocycles.